The summed E-state index contributed by atoms with van der Waals surface area (Å²) in [5.41, 5.74) is 6.11. The number of hydrogen-bond donors (Lipinski definition) is 2. The summed E-state index contributed by atoms with van der Waals surface area (Å²) in [6.07, 6.45) is 2.56. The van der Waals surface area contributed by atoms with Gasteiger partial charge in [-0.25, -0.2) is 0 Å². The molecule has 6 heteroatoms. The van der Waals surface area contributed by atoms with Crippen molar-refractivity contribution < 1.29 is 10.0 Å². The SMILES string of the molecule is NC(=NO)C1CCCCN1C(=O)c1ccccc1Cl. The van der Waals surface area contributed by atoms with Crippen molar-refractivity contribution in [3.05, 3.63) is 34.9 Å². The molecule has 3 N–H and O–H groups in total. The maximum Gasteiger partial charge on any atom is 0.255 e. The van der Waals surface area contributed by atoms with Gasteiger partial charge in [0, 0.05) is 6.54 Å². The predicted octanol–water partition coefficient (Wildman–Crippen LogP) is 2.08. The molecule has 5 nitrogen and oxygen atoms in total. The molecule has 1 unspecified atom stereocenters. The maximum atomic E-state index is 12.5. The van der Waals surface area contributed by atoms with Gasteiger partial charge in [0.2, 0.25) is 0 Å². The summed E-state index contributed by atoms with van der Waals surface area (Å²) in [6, 6.07) is 6.54. The van der Waals surface area contributed by atoms with Crippen molar-refractivity contribution in [2.75, 3.05) is 6.54 Å². The molecule has 1 aliphatic rings. The molecule has 1 amide bonds. The summed E-state index contributed by atoms with van der Waals surface area (Å²) in [5.74, 6) is -0.109. The van der Waals surface area contributed by atoms with E-state index < -0.39 is 0 Å². The van der Waals surface area contributed by atoms with Crippen molar-refractivity contribution in [3.63, 3.8) is 0 Å². The molecule has 19 heavy (non-hydrogen) atoms. The summed E-state index contributed by atoms with van der Waals surface area (Å²) in [6.45, 7) is 0.588. The molecule has 1 aliphatic heterocycles. The Balaban J connectivity index is 2.28. The van der Waals surface area contributed by atoms with Crippen LogP contribution >= 0.6 is 11.6 Å². The van der Waals surface area contributed by atoms with Gasteiger partial charge < -0.3 is 15.8 Å². The third-order valence-electron chi connectivity index (χ3n) is 3.32. The minimum Gasteiger partial charge on any atom is -0.409 e. The smallest absolute Gasteiger partial charge is 0.255 e. The molecule has 0 spiro atoms. The lowest BCUT2D eigenvalue weighted by molar-refractivity contribution is 0.0677. The van der Waals surface area contributed by atoms with Crippen LogP contribution in [0.25, 0.3) is 0 Å². The fourth-order valence-electron chi connectivity index (χ4n) is 2.34. The van der Waals surface area contributed by atoms with E-state index >= 15 is 0 Å². The van der Waals surface area contributed by atoms with Gasteiger partial charge in [0.15, 0.2) is 5.84 Å². The van der Waals surface area contributed by atoms with Crippen LogP contribution in [0.4, 0.5) is 0 Å². The summed E-state index contributed by atoms with van der Waals surface area (Å²) in [7, 11) is 0. The van der Waals surface area contributed by atoms with Crippen molar-refractivity contribution in [2.24, 2.45) is 10.9 Å². The highest BCUT2D eigenvalue weighted by Gasteiger charge is 2.31. The summed E-state index contributed by atoms with van der Waals surface area (Å²) in [4.78, 5) is 14.1. The number of hydrogen-bond acceptors (Lipinski definition) is 3. The minimum atomic E-state index is -0.359. The first kappa shape index (κ1) is 13.7. The lowest BCUT2D eigenvalue weighted by atomic mass is 10.00. The molecule has 0 radical (unpaired) electrons. The van der Waals surface area contributed by atoms with E-state index in [1.807, 2.05) is 0 Å². The van der Waals surface area contributed by atoms with Crippen LogP contribution in [0.5, 0.6) is 0 Å². The molecule has 0 aromatic heterocycles. The first-order valence-corrected chi connectivity index (χ1v) is 6.56. The second-order valence-corrected chi connectivity index (χ2v) is 4.92. The third kappa shape index (κ3) is 2.81. The first-order chi connectivity index (χ1) is 9.15. The molecule has 1 aromatic carbocycles. The van der Waals surface area contributed by atoms with Crippen LogP contribution in [0.2, 0.25) is 5.02 Å². The van der Waals surface area contributed by atoms with Gasteiger partial charge in [0.05, 0.1) is 16.6 Å². The topological polar surface area (TPSA) is 78.9 Å². The van der Waals surface area contributed by atoms with Gasteiger partial charge in [0.25, 0.3) is 5.91 Å². The van der Waals surface area contributed by atoms with E-state index in [4.69, 9.17) is 22.5 Å². The zero-order valence-electron chi connectivity index (χ0n) is 10.4. The summed E-state index contributed by atoms with van der Waals surface area (Å²) < 4.78 is 0. The van der Waals surface area contributed by atoms with Crippen molar-refractivity contribution in [2.45, 2.75) is 25.3 Å². The van der Waals surface area contributed by atoms with E-state index in [9.17, 15) is 4.79 Å². The Morgan fingerprint density at radius 2 is 2.16 bits per heavy atom. The number of piperidine rings is 1. The highest BCUT2D eigenvalue weighted by molar-refractivity contribution is 6.33. The molecule has 0 saturated carbocycles. The zero-order chi connectivity index (χ0) is 13.8. The third-order valence-corrected chi connectivity index (χ3v) is 3.65. The van der Waals surface area contributed by atoms with E-state index in [0.717, 1.165) is 12.8 Å². The number of amides is 1. The second-order valence-electron chi connectivity index (χ2n) is 4.51. The Bertz CT molecular complexity index is 504. The number of carbonyl (C=O) groups is 1. The molecular weight excluding hydrogens is 266 g/mol. The van der Waals surface area contributed by atoms with Crippen molar-refractivity contribution >= 4 is 23.3 Å². The highest BCUT2D eigenvalue weighted by Crippen LogP contribution is 2.23. The number of amidine groups is 1. The fourth-order valence-corrected chi connectivity index (χ4v) is 2.55. The van der Waals surface area contributed by atoms with E-state index in [2.05, 4.69) is 5.16 Å². The molecule has 1 fully saturated rings. The Morgan fingerprint density at radius 1 is 1.42 bits per heavy atom. The van der Waals surface area contributed by atoms with E-state index in [-0.39, 0.29) is 17.8 Å². The van der Waals surface area contributed by atoms with Crippen LogP contribution in [0.1, 0.15) is 29.6 Å². The number of oxime groups is 1. The summed E-state index contributed by atoms with van der Waals surface area (Å²) in [5, 5.41) is 12.3. The van der Waals surface area contributed by atoms with Crippen LogP contribution < -0.4 is 5.73 Å². The Morgan fingerprint density at radius 3 is 2.84 bits per heavy atom. The average molecular weight is 282 g/mol. The van der Waals surface area contributed by atoms with Gasteiger partial charge in [-0.2, -0.15) is 0 Å². The fraction of sp³-hybridized carbons (Fsp3) is 0.385. The Hall–Kier alpha value is -1.75. The van der Waals surface area contributed by atoms with Gasteiger partial charge in [-0.3, -0.25) is 4.79 Å². The molecule has 1 heterocycles. The molecule has 1 aromatic rings. The first-order valence-electron chi connectivity index (χ1n) is 6.18. The number of carbonyl (C=O) groups excluding carboxylic acids is 1. The van der Waals surface area contributed by atoms with Gasteiger partial charge >= 0.3 is 0 Å². The minimum absolute atomic E-state index is 0.0695. The lowest BCUT2D eigenvalue weighted by Gasteiger charge is -2.35. The van der Waals surface area contributed by atoms with Crippen molar-refractivity contribution in [1.82, 2.24) is 4.90 Å². The molecule has 102 valence electrons. The van der Waals surface area contributed by atoms with Crippen LogP contribution in [-0.4, -0.2) is 34.4 Å². The highest BCUT2D eigenvalue weighted by atomic mass is 35.5. The molecular formula is C13H16ClN3O2. The lowest BCUT2D eigenvalue weighted by Crippen LogP contribution is -2.50. The van der Waals surface area contributed by atoms with Crippen molar-refractivity contribution in [3.8, 4) is 0 Å². The van der Waals surface area contributed by atoms with E-state index in [1.165, 1.54) is 0 Å². The van der Waals surface area contributed by atoms with Gasteiger partial charge in [-0.05, 0) is 31.4 Å². The quantitative estimate of drug-likeness (QED) is 0.377. The van der Waals surface area contributed by atoms with Crippen LogP contribution in [0.15, 0.2) is 29.4 Å². The van der Waals surface area contributed by atoms with Crippen LogP contribution in [0, 0.1) is 0 Å². The number of rotatable bonds is 2. The maximum absolute atomic E-state index is 12.5. The normalized spacial score (nSPS) is 20.4. The van der Waals surface area contributed by atoms with Crippen molar-refractivity contribution in [1.29, 1.82) is 0 Å². The monoisotopic (exact) mass is 281 g/mol. The summed E-state index contributed by atoms with van der Waals surface area (Å²) >= 11 is 6.04. The molecule has 2 rings (SSSR count). The number of benzene rings is 1. The number of nitrogens with two attached hydrogens (primary N) is 1. The molecule has 0 bridgehead atoms. The zero-order valence-corrected chi connectivity index (χ0v) is 11.2. The largest absolute Gasteiger partial charge is 0.409 e. The Kier molecular flexibility index (Phi) is 4.27. The number of nitrogens with zero attached hydrogens (tertiary/aromatic N) is 2. The van der Waals surface area contributed by atoms with Gasteiger partial charge in [-0.15, -0.1) is 0 Å². The van der Waals surface area contributed by atoms with E-state index in [1.54, 1.807) is 29.2 Å². The van der Waals surface area contributed by atoms with Crippen LogP contribution in [-0.2, 0) is 0 Å². The second kappa shape index (κ2) is 5.93. The molecule has 1 atom stereocenters. The average Bonchev–Trinajstić information content (AvgIpc) is 2.46. The standard InChI is InChI=1S/C13H16ClN3O2/c14-10-6-2-1-5-9(10)13(18)17-8-4-3-7-11(17)12(15)16-19/h1-2,5-6,11,19H,3-4,7-8H2,(H2,15,16). The van der Waals surface area contributed by atoms with Gasteiger partial charge in [0.1, 0.15) is 0 Å². The molecule has 1 saturated heterocycles. The predicted molar refractivity (Wildman–Crippen MR) is 73.5 cm³/mol. The van der Waals surface area contributed by atoms with Crippen LogP contribution in [0.3, 0.4) is 0 Å². The molecule has 0 aliphatic carbocycles. The number of halogens is 1. The van der Waals surface area contributed by atoms with E-state index in [0.29, 0.717) is 23.6 Å². The Labute approximate surface area is 116 Å². The number of likely N-dealkylation sites (tertiary alicyclic amines) is 1. The van der Waals surface area contributed by atoms with Gasteiger partial charge in [-0.1, -0.05) is 28.9 Å².